The highest BCUT2D eigenvalue weighted by atomic mass is 16.4. The van der Waals surface area contributed by atoms with Crippen LogP contribution in [0.4, 0.5) is 5.69 Å². The van der Waals surface area contributed by atoms with Gasteiger partial charge in [0.05, 0.1) is 6.54 Å². The molecule has 0 unspecified atom stereocenters. The summed E-state index contributed by atoms with van der Waals surface area (Å²) in [6.07, 6.45) is 4.17. The second kappa shape index (κ2) is 6.72. The van der Waals surface area contributed by atoms with Gasteiger partial charge in [-0.1, -0.05) is 25.5 Å². The lowest BCUT2D eigenvalue weighted by Crippen LogP contribution is -2.58. The Bertz CT molecular complexity index is 507. The van der Waals surface area contributed by atoms with Crippen molar-refractivity contribution in [3.05, 3.63) is 29.8 Å². The molecule has 114 valence electrons. The maximum Gasteiger partial charge on any atom is 0.323 e. The zero-order valence-electron chi connectivity index (χ0n) is 12.3. The Balaban J connectivity index is 1.83. The fourth-order valence-electron chi connectivity index (χ4n) is 2.49. The SMILES string of the molecule is CCCc1ccc(NC(=O)CNC2(C(=O)O)CCC2)cc1. The Hall–Kier alpha value is -1.88. The van der Waals surface area contributed by atoms with E-state index in [4.69, 9.17) is 0 Å². The summed E-state index contributed by atoms with van der Waals surface area (Å²) in [4.78, 5) is 23.0. The summed E-state index contributed by atoms with van der Waals surface area (Å²) in [5.41, 5.74) is 1.08. The lowest BCUT2D eigenvalue weighted by atomic mass is 9.77. The molecule has 1 saturated carbocycles. The number of hydrogen-bond acceptors (Lipinski definition) is 3. The molecule has 0 atom stereocenters. The Morgan fingerprint density at radius 3 is 2.38 bits per heavy atom. The molecule has 0 spiro atoms. The van der Waals surface area contributed by atoms with Crippen molar-refractivity contribution >= 4 is 17.6 Å². The van der Waals surface area contributed by atoms with Crippen molar-refractivity contribution in [1.82, 2.24) is 5.32 Å². The van der Waals surface area contributed by atoms with Crippen molar-refractivity contribution in [3.8, 4) is 0 Å². The van der Waals surface area contributed by atoms with E-state index in [1.165, 1.54) is 5.56 Å². The molecule has 1 aliphatic carbocycles. The van der Waals surface area contributed by atoms with E-state index in [-0.39, 0.29) is 12.5 Å². The second-order valence-electron chi connectivity index (χ2n) is 5.59. The van der Waals surface area contributed by atoms with Crippen LogP contribution in [0.5, 0.6) is 0 Å². The number of carboxylic acids is 1. The average Bonchev–Trinajstić information content (AvgIpc) is 2.39. The summed E-state index contributed by atoms with van der Waals surface area (Å²) in [7, 11) is 0. The van der Waals surface area contributed by atoms with E-state index >= 15 is 0 Å². The first-order chi connectivity index (χ1) is 10.1. The minimum Gasteiger partial charge on any atom is -0.480 e. The van der Waals surface area contributed by atoms with Crippen molar-refractivity contribution in [2.45, 2.75) is 44.6 Å². The van der Waals surface area contributed by atoms with E-state index in [0.717, 1.165) is 24.9 Å². The summed E-state index contributed by atoms with van der Waals surface area (Å²) in [5, 5.41) is 14.8. The molecule has 1 aromatic carbocycles. The van der Waals surface area contributed by atoms with Gasteiger partial charge in [-0.15, -0.1) is 0 Å². The smallest absolute Gasteiger partial charge is 0.323 e. The third kappa shape index (κ3) is 3.82. The van der Waals surface area contributed by atoms with Crippen molar-refractivity contribution in [1.29, 1.82) is 0 Å². The Kier molecular flexibility index (Phi) is 4.96. The minimum atomic E-state index is -0.900. The average molecular weight is 290 g/mol. The Labute approximate surface area is 124 Å². The topological polar surface area (TPSA) is 78.4 Å². The van der Waals surface area contributed by atoms with Gasteiger partial charge in [0.15, 0.2) is 0 Å². The molecule has 2 rings (SSSR count). The fraction of sp³-hybridized carbons (Fsp3) is 0.500. The maximum absolute atomic E-state index is 11.9. The van der Waals surface area contributed by atoms with Crippen LogP contribution in [0.3, 0.4) is 0 Å². The van der Waals surface area contributed by atoms with Crippen LogP contribution in [0.1, 0.15) is 38.2 Å². The van der Waals surface area contributed by atoms with Gasteiger partial charge in [0.25, 0.3) is 0 Å². The Morgan fingerprint density at radius 1 is 1.24 bits per heavy atom. The summed E-state index contributed by atoms with van der Waals surface area (Å²) < 4.78 is 0. The summed E-state index contributed by atoms with van der Waals surface area (Å²) in [6.45, 7) is 2.14. The number of benzene rings is 1. The molecular weight excluding hydrogens is 268 g/mol. The highest BCUT2D eigenvalue weighted by molar-refractivity contribution is 5.93. The van der Waals surface area contributed by atoms with Crippen molar-refractivity contribution in [2.24, 2.45) is 0 Å². The lowest BCUT2D eigenvalue weighted by Gasteiger charge is -2.38. The fourth-order valence-corrected chi connectivity index (χ4v) is 2.49. The second-order valence-corrected chi connectivity index (χ2v) is 5.59. The molecule has 0 saturated heterocycles. The van der Waals surface area contributed by atoms with E-state index in [1.54, 1.807) is 0 Å². The van der Waals surface area contributed by atoms with Gasteiger partial charge in [0, 0.05) is 5.69 Å². The minimum absolute atomic E-state index is 0.0169. The van der Waals surface area contributed by atoms with Gasteiger partial charge in [-0.05, 0) is 43.4 Å². The first-order valence-corrected chi connectivity index (χ1v) is 7.43. The predicted octanol–water partition coefficient (Wildman–Crippen LogP) is 2.17. The third-order valence-corrected chi connectivity index (χ3v) is 3.98. The predicted molar refractivity (Wildman–Crippen MR) is 81.3 cm³/mol. The van der Waals surface area contributed by atoms with Crippen LogP contribution < -0.4 is 10.6 Å². The normalized spacial score (nSPS) is 16.0. The lowest BCUT2D eigenvalue weighted by molar-refractivity contribution is -0.148. The van der Waals surface area contributed by atoms with Crippen molar-refractivity contribution < 1.29 is 14.7 Å². The van der Waals surface area contributed by atoms with Crippen molar-refractivity contribution in [2.75, 3.05) is 11.9 Å². The first-order valence-electron chi connectivity index (χ1n) is 7.43. The number of amides is 1. The molecule has 5 heteroatoms. The number of hydrogen-bond donors (Lipinski definition) is 3. The summed E-state index contributed by atoms with van der Waals surface area (Å²) in [6, 6.07) is 7.74. The van der Waals surface area contributed by atoms with Crippen LogP contribution in [0.25, 0.3) is 0 Å². The Morgan fingerprint density at radius 2 is 1.90 bits per heavy atom. The summed E-state index contributed by atoms with van der Waals surface area (Å²) >= 11 is 0. The molecule has 0 aliphatic heterocycles. The van der Waals surface area contributed by atoms with Crippen LogP contribution in [0, 0.1) is 0 Å². The van der Waals surface area contributed by atoms with E-state index in [0.29, 0.717) is 12.8 Å². The van der Waals surface area contributed by atoms with Gasteiger partial charge in [-0.2, -0.15) is 0 Å². The highest BCUT2D eigenvalue weighted by Gasteiger charge is 2.44. The molecule has 0 bridgehead atoms. The van der Waals surface area contributed by atoms with Crippen LogP contribution >= 0.6 is 0 Å². The molecule has 1 aliphatic rings. The quantitative estimate of drug-likeness (QED) is 0.719. The van der Waals surface area contributed by atoms with Gasteiger partial charge in [0.1, 0.15) is 5.54 Å². The molecule has 0 heterocycles. The van der Waals surface area contributed by atoms with Crippen LogP contribution in [0.15, 0.2) is 24.3 Å². The number of aliphatic carboxylic acids is 1. The zero-order chi connectivity index (χ0) is 15.3. The highest BCUT2D eigenvalue weighted by Crippen LogP contribution is 2.31. The number of aryl methyl sites for hydroxylation is 1. The maximum atomic E-state index is 11.9. The number of nitrogens with one attached hydrogen (secondary N) is 2. The molecule has 1 fully saturated rings. The third-order valence-electron chi connectivity index (χ3n) is 3.98. The number of carbonyl (C=O) groups is 2. The number of carbonyl (C=O) groups excluding carboxylic acids is 1. The van der Waals surface area contributed by atoms with Crippen LogP contribution in [-0.2, 0) is 16.0 Å². The van der Waals surface area contributed by atoms with Gasteiger partial charge in [0.2, 0.25) is 5.91 Å². The standard InChI is InChI=1S/C16H22N2O3/c1-2-4-12-5-7-13(8-6-12)18-14(19)11-17-16(15(20)21)9-3-10-16/h5-8,17H,2-4,9-11H2,1H3,(H,18,19)(H,20,21). The van der Waals surface area contributed by atoms with Gasteiger partial charge >= 0.3 is 5.97 Å². The first kappa shape index (κ1) is 15.5. The van der Waals surface area contributed by atoms with E-state index in [9.17, 15) is 14.7 Å². The number of rotatable bonds is 7. The van der Waals surface area contributed by atoms with Gasteiger partial charge in [-0.25, -0.2) is 0 Å². The molecule has 0 radical (unpaired) electrons. The van der Waals surface area contributed by atoms with E-state index in [2.05, 4.69) is 17.6 Å². The molecule has 1 aromatic rings. The number of carboxylic acid groups (broad SMARTS) is 1. The van der Waals surface area contributed by atoms with E-state index < -0.39 is 11.5 Å². The monoisotopic (exact) mass is 290 g/mol. The van der Waals surface area contributed by atoms with Crippen LogP contribution in [-0.4, -0.2) is 29.1 Å². The largest absolute Gasteiger partial charge is 0.480 e. The van der Waals surface area contributed by atoms with Crippen LogP contribution in [0.2, 0.25) is 0 Å². The molecule has 21 heavy (non-hydrogen) atoms. The van der Waals surface area contributed by atoms with Gasteiger partial charge < -0.3 is 10.4 Å². The van der Waals surface area contributed by atoms with Crippen molar-refractivity contribution in [3.63, 3.8) is 0 Å². The van der Waals surface area contributed by atoms with Gasteiger partial charge in [-0.3, -0.25) is 14.9 Å². The molecule has 1 amide bonds. The molecule has 3 N–H and O–H groups in total. The molecule has 5 nitrogen and oxygen atoms in total. The van der Waals surface area contributed by atoms with E-state index in [1.807, 2.05) is 24.3 Å². The zero-order valence-corrected chi connectivity index (χ0v) is 12.3. The summed E-state index contributed by atoms with van der Waals surface area (Å²) in [5.74, 6) is -1.09. The molecule has 0 aromatic heterocycles. The number of anilines is 1. The molecular formula is C16H22N2O3.